The number of rotatable bonds is 13. The molecular weight excluding hydrogens is 400 g/mol. The van der Waals surface area contributed by atoms with Crippen LogP contribution in [0, 0.1) is 5.92 Å². The third-order valence-corrected chi connectivity index (χ3v) is 3.87. The molecule has 0 aromatic carbocycles. The summed E-state index contributed by atoms with van der Waals surface area (Å²) in [7, 11) is 0. The van der Waals surface area contributed by atoms with Gasteiger partial charge in [0.2, 0.25) is 29.5 Å². The van der Waals surface area contributed by atoms with Gasteiger partial charge >= 0.3 is 5.97 Å². The minimum Gasteiger partial charge on any atom is -0.480 e. The number of nitrogens with one attached hydrogen (secondary N) is 3. The van der Waals surface area contributed by atoms with Crippen molar-refractivity contribution in [1.29, 1.82) is 0 Å². The maximum Gasteiger partial charge on any atom is 0.326 e. The quantitative estimate of drug-likeness (QED) is 0.155. The molecule has 0 rings (SSSR count). The zero-order valence-electron chi connectivity index (χ0n) is 17.1. The molecule has 0 aromatic rings. The second-order valence-corrected chi connectivity index (χ2v) is 7.27. The van der Waals surface area contributed by atoms with Crippen molar-refractivity contribution >= 4 is 35.5 Å². The lowest BCUT2D eigenvalue weighted by Crippen LogP contribution is -2.57. The standard InChI is InChI=1S/C17H30N6O7/c1-7(2)4-9(18)15(27)22-10(5-12(19)24)16(28)21-8(3)14(26)23-11(17(29)30)6-13(20)25/h7-11H,4-6,18H2,1-3H3,(H2,19,24)(H2,20,25)(H,21,28)(H,22,27)(H,23,26)(H,29,30). The van der Waals surface area contributed by atoms with Gasteiger partial charge in [0.1, 0.15) is 18.1 Å². The van der Waals surface area contributed by atoms with Crippen molar-refractivity contribution in [2.75, 3.05) is 0 Å². The number of amides is 5. The van der Waals surface area contributed by atoms with Crippen LogP contribution in [0.4, 0.5) is 0 Å². The fraction of sp³-hybridized carbons (Fsp3) is 0.647. The number of carbonyl (C=O) groups is 6. The van der Waals surface area contributed by atoms with Gasteiger partial charge in [-0.2, -0.15) is 0 Å². The van der Waals surface area contributed by atoms with Crippen molar-refractivity contribution in [3.05, 3.63) is 0 Å². The number of primary amides is 2. The molecule has 13 heteroatoms. The fourth-order valence-electron chi connectivity index (χ4n) is 2.38. The van der Waals surface area contributed by atoms with Gasteiger partial charge in [-0.05, 0) is 19.3 Å². The molecule has 0 aliphatic heterocycles. The minimum absolute atomic E-state index is 0.112. The summed E-state index contributed by atoms with van der Waals surface area (Å²) in [5.74, 6) is -5.69. The second kappa shape index (κ2) is 12.4. The van der Waals surface area contributed by atoms with Crippen LogP contribution in [0.15, 0.2) is 0 Å². The molecule has 0 aromatic heterocycles. The van der Waals surface area contributed by atoms with E-state index in [1.807, 2.05) is 13.8 Å². The van der Waals surface area contributed by atoms with Gasteiger partial charge in [0.25, 0.3) is 0 Å². The van der Waals surface area contributed by atoms with Crippen LogP contribution < -0.4 is 33.2 Å². The molecule has 10 N–H and O–H groups in total. The molecule has 0 spiro atoms. The van der Waals surface area contributed by atoms with Crippen molar-refractivity contribution in [2.45, 2.75) is 64.2 Å². The Kier molecular flexibility index (Phi) is 11.0. The lowest BCUT2D eigenvalue weighted by Gasteiger charge is -2.23. The molecule has 0 aliphatic carbocycles. The number of carbonyl (C=O) groups excluding carboxylic acids is 5. The van der Waals surface area contributed by atoms with E-state index >= 15 is 0 Å². The summed E-state index contributed by atoms with van der Waals surface area (Å²) in [5, 5.41) is 15.6. The zero-order valence-corrected chi connectivity index (χ0v) is 17.1. The first-order valence-corrected chi connectivity index (χ1v) is 9.20. The highest BCUT2D eigenvalue weighted by Gasteiger charge is 2.29. The van der Waals surface area contributed by atoms with E-state index in [2.05, 4.69) is 16.0 Å². The molecule has 0 aliphatic rings. The van der Waals surface area contributed by atoms with Crippen LogP contribution in [0.5, 0.6) is 0 Å². The summed E-state index contributed by atoms with van der Waals surface area (Å²) in [6, 6.07) is -5.14. The molecule has 30 heavy (non-hydrogen) atoms. The van der Waals surface area contributed by atoms with Gasteiger partial charge in [-0.3, -0.25) is 24.0 Å². The van der Waals surface area contributed by atoms with Crippen LogP contribution in [0.1, 0.15) is 40.0 Å². The number of carboxylic acids is 1. The molecule has 13 nitrogen and oxygen atoms in total. The van der Waals surface area contributed by atoms with E-state index in [9.17, 15) is 28.8 Å². The molecule has 170 valence electrons. The zero-order chi connectivity index (χ0) is 23.6. The molecule has 4 atom stereocenters. The lowest BCUT2D eigenvalue weighted by atomic mass is 10.0. The van der Waals surface area contributed by atoms with Crippen molar-refractivity contribution in [2.24, 2.45) is 23.1 Å². The highest BCUT2D eigenvalue weighted by Crippen LogP contribution is 2.04. The molecule has 5 amide bonds. The third kappa shape index (κ3) is 10.4. The molecule has 0 bridgehead atoms. The normalized spacial score (nSPS) is 14.7. The lowest BCUT2D eigenvalue weighted by molar-refractivity contribution is -0.143. The number of nitrogens with two attached hydrogens (primary N) is 3. The predicted octanol–water partition coefficient (Wildman–Crippen LogP) is -3.33. The molecule has 4 unspecified atom stereocenters. The van der Waals surface area contributed by atoms with E-state index in [0.717, 1.165) is 0 Å². The smallest absolute Gasteiger partial charge is 0.326 e. The SMILES string of the molecule is CC(C)CC(N)C(=O)NC(CC(N)=O)C(=O)NC(C)C(=O)NC(CC(N)=O)C(=O)O. The molecule has 0 radical (unpaired) electrons. The Morgan fingerprint density at radius 1 is 0.767 bits per heavy atom. The summed E-state index contributed by atoms with van der Waals surface area (Å²) >= 11 is 0. The van der Waals surface area contributed by atoms with E-state index in [-0.39, 0.29) is 5.92 Å². The number of hydrogen-bond donors (Lipinski definition) is 7. The van der Waals surface area contributed by atoms with Gasteiger partial charge in [0.05, 0.1) is 18.9 Å². The van der Waals surface area contributed by atoms with Gasteiger partial charge in [-0.1, -0.05) is 13.8 Å². The van der Waals surface area contributed by atoms with E-state index < -0.39 is 72.5 Å². The first-order chi connectivity index (χ1) is 13.7. The van der Waals surface area contributed by atoms with E-state index in [0.29, 0.717) is 6.42 Å². The Bertz CT molecular complexity index is 682. The van der Waals surface area contributed by atoms with Crippen molar-refractivity contribution in [1.82, 2.24) is 16.0 Å². The Hall–Kier alpha value is -3.22. The summed E-state index contributed by atoms with van der Waals surface area (Å²) in [4.78, 5) is 70.0. The highest BCUT2D eigenvalue weighted by molar-refractivity contribution is 5.96. The Morgan fingerprint density at radius 3 is 1.67 bits per heavy atom. The number of aliphatic carboxylic acids is 1. The topological polar surface area (TPSA) is 237 Å². The Balaban J connectivity index is 5.10. The van der Waals surface area contributed by atoms with Crippen molar-refractivity contribution < 1.29 is 33.9 Å². The van der Waals surface area contributed by atoms with Gasteiger partial charge in [0.15, 0.2) is 0 Å². The predicted molar refractivity (Wildman–Crippen MR) is 104 cm³/mol. The fourth-order valence-corrected chi connectivity index (χ4v) is 2.38. The summed E-state index contributed by atoms with van der Waals surface area (Å²) < 4.78 is 0. The summed E-state index contributed by atoms with van der Waals surface area (Å²) in [5.41, 5.74) is 15.8. The summed E-state index contributed by atoms with van der Waals surface area (Å²) in [6.45, 7) is 4.94. The van der Waals surface area contributed by atoms with Crippen molar-refractivity contribution in [3.63, 3.8) is 0 Å². The molecular formula is C17H30N6O7. The van der Waals surface area contributed by atoms with Crippen LogP contribution in [0.3, 0.4) is 0 Å². The number of carboxylic acid groups (broad SMARTS) is 1. The van der Waals surface area contributed by atoms with Crippen LogP contribution >= 0.6 is 0 Å². The van der Waals surface area contributed by atoms with Crippen LogP contribution in [-0.2, 0) is 28.8 Å². The van der Waals surface area contributed by atoms with Crippen LogP contribution in [0.2, 0.25) is 0 Å². The van der Waals surface area contributed by atoms with Crippen molar-refractivity contribution in [3.8, 4) is 0 Å². The maximum atomic E-state index is 12.4. The molecule has 0 saturated heterocycles. The molecule has 0 heterocycles. The third-order valence-electron chi connectivity index (χ3n) is 3.87. The van der Waals surface area contributed by atoms with Gasteiger partial charge < -0.3 is 38.3 Å². The minimum atomic E-state index is -1.58. The first kappa shape index (κ1) is 26.8. The average Bonchev–Trinajstić information content (AvgIpc) is 2.58. The van der Waals surface area contributed by atoms with Gasteiger partial charge in [-0.15, -0.1) is 0 Å². The highest BCUT2D eigenvalue weighted by atomic mass is 16.4. The van der Waals surface area contributed by atoms with E-state index in [4.69, 9.17) is 22.3 Å². The van der Waals surface area contributed by atoms with E-state index in [1.165, 1.54) is 6.92 Å². The Morgan fingerprint density at radius 2 is 1.23 bits per heavy atom. The second-order valence-electron chi connectivity index (χ2n) is 7.27. The first-order valence-electron chi connectivity index (χ1n) is 9.20. The van der Waals surface area contributed by atoms with Gasteiger partial charge in [-0.25, -0.2) is 4.79 Å². The van der Waals surface area contributed by atoms with Crippen LogP contribution in [-0.4, -0.2) is 64.8 Å². The largest absolute Gasteiger partial charge is 0.480 e. The molecule has 0 fully saturated rings. The average molecular weight is 430 g/mol. The van der Waals surface area contributed by atoms with Gasteiger partial charge in [0, 0.05) is 0 Å². The monoisotopic (exact) mass is 430 g/mol. The van der Waals surface area contributed by atoms with E-state index in [1.54, 1.807) is 0 Å². The van der Waals surface area contributed by atoms with Crippen LogP contribution in [0.25, 0.3) is 0 Å². The summed E-state index contributed by atoms with van der Waals surface area (Å²) in [6.07, 6.45) is -0.846. The molecule has 0 saturated carbocycles. The maximum absolute atomic E-state index is 12.4. The number of hydrogen-bond acceptors (Lipinski definition) is 7. The Labute approximate surface area is 173 Å².